The van der Waals surface area contributed by atoms with Crippen LogP contribution in [0, 0.1) is 0 Å². The molecule has 0 amide bonds. The number of ether oxygens (including phenoxy) is 2. The van der Waals surface area contributed by atoms with Crippen molar-refractivity contribution >= 4 is 5.97 Å². The highest BCUT2D eigenvalue weighted by atomic mass is 16.6. The molecule has 0 aromatic rings. The lowest BCUT2D eigenvalue weighted by Crippen LogP contribution is -2.11. The smallest absolute Gasteiger partial charge is 0.332 e. The minimum Gasteiger partial charge on any atom is -0.464 e. The second-order valence-electron chi connectivity index (χ2n) is 6.25. The van der Waals surface area contributed by atoms with Crippen molar-refractivity contribution in [1.82, 2.24) is 0 Å². The van der Waals surface area contributed by atoms with Gasteiger partial charge in [-0.1, -0.05) is 90.4 Å². The Balaban J connectivity index is 3.01. The zero-order chi connectivity index (χ0) is 16.3. The van der Waals surface area contributed by atoms with Crippen LogP contribution in [-0.4, -0.2) is 26.3 Å². The monoisotopic (exact) mass is 314 g/mol. The van der Waals surface area contributed by atoms with Gasteiger partial charge in [-0.15, -0.1) is 0 Å². The van der Waals surface area contributed by atoms with Gasteiger partial charge in [0.1, 0.15) is 6.61 Å². The van der Waals surface area contributed by atoms with Crippen molar-refractivity contribution in [2.75, 3.05) is 20.3 Å². The van der Waals surface area contributed by atoms with E-state index in [-0.39, 0.29) is 12.6 Å². The standard InChI is InChI=1S/C19H38O3/c1-3-4-5-6-7-8-9-10-11-12-13-14-15-16-17-22-19(20)18-21-2/h3-18H2,1-2H3. The van der Waals surface area contributed by atoms with Crippen LogP contribution in [0.4, 0.5) is 0 Å². The zero-order valence-electron chi connectivity index (χ0n) is 15.0. The van der Waals surface area contributed by atoms with E-state index in [1.165, 1.54) is 84.2 Å². The van der Waals surface area contributed by atoms with Crippen LogP contribution < -0.4 is 0 Å². The summed E-state index contributed by atoms with van der Waals surface area (Å²) < 4.78 is 9.73. The predicted molar refractivity (Wildman–Crippen MR) is 93.1 cm³/mol. The maximum absolute atomic E-state index is 11.0. The van der Waals surface area contributed by atoms with Crippen LogP contribution in [0.15, 0.2) is 0 Å². The number of unbranched alkanes of at least 4 members (excludes halogenated alkanes) is 13. The van der Waals surface area contributed by atoms with Crippen LogP contribution in [0.2, 0.25) is 0 Å². The lowest BCUT2D eigenvalue weighted by Gasteiger charge is -2.04. The maximum atomic E-state index is 11.0. The lowest BCUT2D eigenvalue weighted by molar-refractivity contribution is -0.148. The van der Waals surface area contributed by atoms with Crippen LogP contribution in [0.25, 0.3) is 0 Å². The average molecular weight is 315 g/mol. The largest absolute Gasteiger partial charge is 0.464 e. The highest BCUT2D eigenvalue weighted by Crippen LogP contribution is 2.12. The Labute approximate surface area is 138 Å². The molecular weight excluding hydrogens is 276 g/mol. The fraction of sp³-hybridized carbons (Fsp3) is 0.947. The third-order valence-corrected chi connectivity index (χ3v) is 4.02. The molecule has 0 atom stereocenters. The number of hydrogen-bond acceptors (Lipinski definition) is 3. The van der Waals surface area contributed by atoms with Gasteiger partial charge in [0.25, 0.3) is 0 Å². The van der Waals surface area contributed by atoms with E-state index in [0.29, 0.717) is 6.61 Å². The van der Waals surface area contributed by atoms with Crippen LogP contribution in [0.5, 0.6) is 0 Å². The van der Waals surface area contributed by atoms with Crippen molar-refractivity contribution in [1.29, 1.82) is 0 Å². The molecule has 0 spiro atoms. The summed E-state index contributed by atoms with van der Waals surface area (Å²) in [5, 5.41) is 0. The molecule has 0 aliphatic carbocycles. The molecule has 22 heavy (non-hydrogen) atoms. The average Bonchev–Trinajstić information content (AvgIpc) is 2.51. The van der Waals surface area contributed by atoms with Gasteiger partial charge in [0.15, 0.2) is 0 Å². The van der Waals surface area contributed by atoms with E-state index in [4.69, 9.17) is 9.47 Å². The van der Waals surface area contributed by atoms with Crippen molar-refractivity contribution in [3.8, 4) is 0 Å². The molecule has 0 rings (SSSR count). The van der Waals surface area contributed by atoms with E-state index in [9.17, 15) is 4.79 Å². The normalized spacial score (nSPS) is 10.8. The molecule has 0 radical (unpaired) electrons. The van der Waals surface area contributed by atoms with E-state index in [2.05, 4.69) is 6.92 Å². The van der Waals surface area contributed by atoms with Crippen molar-refractivity contribution < 1.29 is 14.3 Å². The van der Waals surface area contributed by atoms with Crippen molar-refractivity contribution in [2.24, 2.45) is 0 Å². The van der Waals surface area contributed by atoms with Crippen LogP contribution in [-0.2, 0) is 14.3 Å². The molecule has 0 fully saturated rings. The number of esters is 1. The molecule has 0 aliphatic heterocycles. The van der Waals surface area contributed by atoms with Crippen molar-refractivity contribution in [2.45, 2.75) is 96.8 Å². The van der Waals surface area contributed by atoms with Gasteiger partial charge >= 0.3 is 5.97 Å². The number of methoxy groups -OCH3 is 1. The van der Waals surface area contributed by atoms with Gasteiger partial charge in [-0.05, 0) is 6.42 Å². The van der Waals surface area contributed by atoms with E-state index in [1.807, 2.05) is 0 Å². The Kier molecular flexibility index (Phi) is 18.0. The van der Waals surface area contributed by atoms with Crippen LogP contribution in [0.1, 0.15) is 96.8 Å². The molecule has 0 aromatic carbocycles. The van der Waals surface area contributed by atoms with Gasteiger partial charge in [0.05, 0.1) is 6.61 Å². The first kappa shape index (κ1) is 21.4. The Bertz CT molecular complexity index is 229. The van der Waals surface area contributed by atoms with Gasteiger partial charge < -0.3 is 9.47 Å². The molecule has 132 valence electrons. The van der Waals surface area contributed by atoms with Crippen LogP contribution in [0.3, 0.4) is 0 Å². The summed E-state index contributed by atoms with van der Waals surface area (Å²) in [6.45, 7) is 2.88. The van der Waals surface area contributed by atoms with Gasteiger partial charge in [0.2, 0.25) is 0 Å². The Morgan fingerprint density at radius 2 is 1.09 bits per heavy atom. The molecule has 3 nitrogen and oxygen atoms in total. The van der Waals surface area contributed by atoms with E-state index < -0.39 is 0 Å². The SMILES string of the molecule is CCCCCCCCCCCCCCCCOC(=O)COC. The summed E-state index contributed by atoms with van der Waals surface area (Å²) >= 11 is 0. The molecular formula is C19H38O3. The predicted octanol–water partition coefficient (Wildman–Crippen LogP) is 5.66. The van der Waals surface area contributed by atoms with Crippen molar-refractivity contribution in [3.05, 3.63) is 0 Å². The van der Waals surface area contributed by atoms with Crippen molar-refractivity contribution in [3.63, 3.8) is 0 Å². The molecule has 0 unspecified atom stereocenters. The van der Waals surface area contributed by atoms with E-state index in [0.717, 1.165) is 12.8 Å². The molecule has 3 heteroatoms. The molecule has 0 aromatic heterocycles. The van der Waals surface area contributed by atoms with Gasteiger partial charge in [0, 0.05) is 7.11 Å². The minimum absolute atomic E-state index is 0.0681. The summed E-state index contributed by atoms with van der Waals surface area (Å²) in [7, 11) is 1.51. The second kappa shape index (κ2) is 18.5. The lowest BCUT2D eigenvalue weighted by atomic mass is 10.0. The molecule has 0 heterocycles. The molecule has 0 saturated carbocycles. The number of rotatable bonds is 17. The highest BCUT2D eigenvalue weighted by molar-refractivity contribution is 5.70. The second-order valence-corrected chi connectivity index (χ2v) is 6.25. The fourth-order valence-electron chi connectivity index (χ4n) is 2.64. The quantitative estimate of drug-likeness (QED) is 0.257. The first-order valence-corrected chi connectivity index (χ1v) is 9.45. The molecule has 0 N–H and O–H groups in total. The summed E-state index contributed by atoms with van der Waals surface area (Å²) in [5.74, 6) is -0.253. The summed E-state index contributed by atoms with van der Waals surface area (Å²) in [4.78, 5) is 11.0. The van der Waals surface area contributed by atoms with Gasteiger partial charge in [-0.3, -0.25) is 0 Å². The topological polar surface area (TPSA) is 35.5 Å². The molecule has 0 aliphatic rings. The number of hydrogen-bond donors (Lipinski definition) is 0. The first-order chi connectivity index (χ1) is 10.8. The maximum Gasteiger partial charge on any atom is 0.332 e. The third-order valence-electron chi connectivity index (χ3n) is 4.02. The number of carbonyl (C=O) groups is 1. The summed E-state index contributed by atoms with van der Waals surface area (Å²) in [6.07, 6.45) is 18.8. The molecule has 0 saturated heterocycles. The Hall–Kier alpha value is -0.570. The highest BCUT2D eigenvalue weighted by Gasteiger charge is 2.00. The zero-order valence-corrected chi connectivity index (χ0v) is 15.0. The fourth-order valence-corrected chi connectivity index (χ4v) is 2.64. The minimum atomic E-state index is -0.253. The summed E-state index contributed by atoms with van der Waals surface area (Å²) in [6, 6.07) is 0. The first-order valence-electron chi connectivity index (χ1n) is 9.45. The number of carbonyl (C=O) groups excluding carboxylic acids is 1. The Morgan fingerprint density at radius 1 is 0.682 bits per heavy atom. The van der Waals surface area contributed by atoms with E-state index in [1.54, 1.807) is 0 Å². The van der Waals surface area contributed by atoms with Gasteiger partial charge in [-0.2, -0.15) is 0 Å². The van der Waals surface area contributed by atoms with Crippen LogP contribution >= 0.6 is 0 Å². The molecule has 0 bridgehead atoms. The summed E-state index contributed by atoms with van der Waals surface area (Å²) in [5.41, 5.74) is 0. The van der Waals surface area contributed by atoms with Gasteiger partial charge in [-0.25, -0.2) is 4.79 Å². The third kappa shape index (κ3) is 17.5. The Morgan fingerprint density at radius 3 is 1.50 bits per heavy atom. The van der Waals surface area contributed by atoms with E-state index >= 15 is 0 Å².